The number of hydrogen-bond donors (Lipinski definition) is 0. The fraction of sp³-hybridized carbons (Fsp3) is 0.444. The molecule has 8 heteroatoms. The number of piperazine rings is 1. The van der Waals surface area contributed by atoms with E-state index in [1.807, 2.05) is 42.2 Å². The van der Waals surface area contributed by atoms with E-state index < -0.39 is 0 Å². The Hall–Kier alpha value is -2.74. The Labute approximate surface area is 152 Å². The van der Waals surface area contributed by atoms with E-state index in [-0.39, 0.29) is 0 Å². The van der Waals surface area contributed by atoms with Crippen LogP contribution in [0.15, 0.2) is 36.8 Å². The lowest BCUT2D eigenvalue weighted by Gasteiger charge is -2.48. The second-order valence-corrected chi connectivity index (χ2v) is 6.99. The number of hydrogen-bond acceptors (Lipinski definition) is 7. The van der Waals surface area contributed by atoms with Crippen molar-refractivity contribution < 1.29 is 0 Å². The van der Waals surface area contributed by atoms with Gasteiger partial charge in [-0.1, -0.05) is 0 Å². The van der Waals surface area contributed by atoms with Crippen molar-refractivity contribution in [1.82, 2.24) is 29.5 Å². The lowest BCUT2D eigenvalue weighted by molar-refractivity contribution is 0.156. The van der Waals surface area contributed by atoms with E-state index in [0.29, 0.717) is 6.04 Å². The van der Waals surface area contributed by atoms with Crippen molar-refractivity contribution >= 4 is 17.4 Å². The van der Waals surface area contributed by atoms with Crippen molar-refractivity contribution in [3.63, 3.8) is 0 Å². The number of aryl methyl sites for hydroxylation is 1. The highest BCUT2D eigenvalue weighted by Crippen LogP contribution is 2.25. The van der Waals surface area contributed by atoms with E-state index in [1.54, 1.807) is 0 Å². The van der Waals surface area contributed by atoms with Crippen LogP contribution in [0.25, 0.3) is 5.65 Å². The highest BCUT2D eigenvalue weighted by molar-refractivity contribution is 5.52. The first kappa shape index (κ1) is 15.5. The van der Waals surface area contributed by atoms with Gasteiger partial charge in [0.15, 0.2) is 5.65 Å². The molecule has 5 rings (SSSR count). The largest absolute Gasteiger partial charge is 0.353 e. The summed E-state index contributed by atoms with van der Waals surface area (Å²) in [6, 6.07) is 6.55. The van der Waals surface area contributed by atoms with Crippen LogP contribution in [0.5, 0.6) is 0 Å². The van der Waals surface area contributed by atoms with Crippen LogP contribution in [0.1, 0.15) is 5.69 Å². The number of fused-ring (bicyclic) bond motifs is 1. The van der Waals surface area contributed by atoms with Gasteiger partial charge in [-0.15, -0.1) is 0 Å². The third-order valence-electron chi connectivity index (χ3n) is 5.32. The van der Waals surface area contributed by atoms with Gasteiger partial charge in [-0.2, -0.15) is 9.61 Å². The number of nitrogens with zero attached hydrogens (tertiary/aromatic N) is 8. The molecule has 0 amide bonds. The van der Waals surface area contributed by atoms with Gasteiger partial charge in [0, 0.05) is 75.5 Å². The predicted octanol–water partition coefficient (Wildman–Crippen LogP) is 0.839. The molecule has 3 aromatic heterocycles. The maximum Gasteiger partial charge on any atom is 0.225 e. The third kappa shape index (κ3) is 2.66. The molecule has 0 N–H and O–H groups in total. The molecule has 134 valence electrons. The Bertz CT molecular complexity index is 894. The van der Waals surface area contributed by atoms with Crippen molar-refractivity contribution in [3.05, 3.63) is 42.5 Å². The minimum Gasteiger partial charge on any atom is -0.353 e. The highest BCUT2D eigenvalue weighted by atomic mass is 15.4. The number of rotatable bonds is 3. The fourth-order valence-electron chi connectivity index (χ4n) is 3.86. The molecule has 0 bridgehead atoms. The molecular weight excluding hydrogens is 328 g/mol. The Morgan fingerprint density at radius 3 is 2.50 bits per heavy atom. The minimum atomic E-state index is 0.605. The molecule has 26 heavy (non-hydrogen) atoms. The third-order valence-corrected chi connectivity index (χ3v) is 5.32. The number of aromatic nitrogens is 5. The van der Waals surface area contributed by atoms with Crippen LogP contribution in [0.3, 0.4) is 0 Å². The summed E-state index contributed by atoms with van der Waals surface area (Å²) in [5.41, 5.74) is 1.95. The fourth-order valence-corrected chi connectivity index (χ4v) is 3.86. The average Bonchev–Trinajstić information content (AvgIpc) is 3.10. The van der Waals surface area contributed by atoms with Crippen molar-refractivity contribution in [2.45, 2.75) is 13.0 Å². The standard InChI is InChI=1S/C18H22N8/c1-14-11-17(26-16(22-14)3-6-21-26)25-12-15(13-25)23-7-9-24(10-8-23)18-19-4-2-5-20-18/h2-6,11,15H,7-10,12-13H2,1H3. The van der Waals surface area contributed by atoms with Crippen LogP contribution in [-0.2, 0) is 0 Å². The molecule has 2 saturated heterocycles. The molecular formula is C18H22N8. The summed E-state index contributed by atoms with van der Waals surface area (Å²) in [6.07, 6.45) is 5.43. The van der Waals surface area contributed by atoms with Gasteiger partial charge >= 0.3 is 0 Å². The Morgan fingerprint density at radius 1 is 0.962 bits per heavy atom. The lowest BCUT2D eigenvalue weighted by atomic mass is 10.1. The second-order valence-electron chi connectivity index (χ2n) is 6.99. The maximum absolute atomic E-state index is 4.53. The Kier molecular flexibility index (Phi) is 3.70. The molecule has 2 fully saturated rings. The molecule has 2 aliphatic rings. The van der Waals surface area contributed by atoms with Gasteiger partial charge in [0.25, 0.3) is 0 Å². The van der Waals surface area contributed by atoms with Crippen LogP contribution < -0.4 is 9.80 Å². The quantitative estimate of drug-likeness (QED) is 0.693. The highest BCUT2D eigenvalue weighted by Gasteiger charge is 2.35. The summed E-state index contributed by atoms with van der Waals surface area (Å²) in [6.45, 7) is 8.21. The molecule has 3 aromatic rings. The molecule has 0 aromatic carbocycles. The molecule has 5 heterocycles. The number of anilines is 2. The summed E-state index contributed by atoms with van der Waals surface area (Å²) < 4.78 is 1.94. The second kappa shape index (κ2) is 6.21. The molecule has 0 radical (unpaired) electrons. The molecule has 0 atom stereocenters. The summed E-state index contributed by atoms with van der Waals surface area (Å²) in [4.78, 5) is 20.5. The molecule has 8 nitrogen and oxygen atoms in total. The maximum atomic E-state index is 4.53. The minimum absolute atomic E-state index is 0.605. The van der Waals surface area contributed by atoms with Crippen LogP contribution in [-0.4, -0.2) is 74.8 Å². The van der Waals surface area contributed by atoms with Crippen molar-refractivity contribution in [1.29, 1.82) is 0 Å². The zero-order valence-corrected chi connectivity index (χ0v) is 14.9. The van der Waals surface area contributed by atoms with Gasteiger partial charge in [-0.05, 0) is 13.0 Å². The zero-order chi connectivity index (χ0) is 17.5. The smallest absolute Gasteiger partial charge is 0.225 e. The summed E-state index contributed by atoms with van der Waals surface area (Å²) >= 11 is 0. The van der Waals surface area contributed by atoms with E-state index in [9.17, 15) is 0 Å². The van der Waals surface area contributed by atoms with Gasteiger partial charge in [-0.3, -0.25) is 4.90 Å². The van der Waals surface area contributed by atoms with E-state index in [2.05, 4.69) is 40.8 Å². The van der Waals surface area contributed by atoms with E-state index in [1.165, 1.54) is 0 Å². The van der Waals surface area contributed by atoms with Crippen LogP contribution in [0, 0.1) is 6.92 Å². The Morgan fingerprint density at radius 2 is 1.73 bits per heavy atom. The molecule has 0 unspecified atom stereocenters. The van der Waals surface area contributed by atoms with Gasteiger partial charge in [0.05, 0.1) is 6.20 Å². The van der Waals surface area contributed by atoms with Crippen LogP contribution >= 0.6 is 0 Å². The van der Waals surface area contributed by atoms with Gasteiger partial charge in [0.2, 0.25) is 5.95 Å². The van der Waals surface area contributed by atoms with Gasteiger partial charge < -0.3 is 9.80 Å². The molecule has 0 aliphatic carbocycles. The summed E-state index contributed by atoms with van der Waals surface area (Å²) in [7, 11) is 0. The van der Waals surface area contributed by atoms with Gasteiger partial charge in [0.1, 0.15) is 5.82 Å². The topological polar surface area (TPSA) is 65.7 Å². The summed E-state index contributed by atoms with van der Waals surface area (Å²) in [5, 5.41) is 4.42. The predicted molar refractivity (Wildman–Crippen MR) is 99.5 cm³/mol. The van der Waals surface area contributed by atoms with Crippen molar-refractivity contribution in [2.24, 2.45) is 0 Å². The first-order valence-corrected chi connectivity index (χ1v) is 9.10. The molecule has 2 aliphatic heterocycles. The normalized spacial score (nSPS) is 19.1. The van der Waals surface area contributed by atoms with Gasteiger partial charge in [-0.25, -0.2) is 15.0 Å². The zero-order valence-electron chi connectivity index (χ0n) is 14.9. The lowest BCUT2D eigenvalue weighted by Crippen LogP contribution is -2.63. The van der Waals surface area contributed by atoms with Crippen LogP contribution in [0.4, 0.5) is 11.8 Å². The van der Waals surface area contributed by atoms with E-state index in [0.717, 1.165) is 62.4 Å². The average molecular weight is 350 g/mol. The van der Waals surface area contributed by atoms with Crippen LogP contribution in [0.2, 0.25) is 0 Å². The first-order chi connectivity index (χ1) is 12.8. The van der Waals surface area contributed by atoms with E-state index in [4.69, 9.17) is 0 Å². The first-order valence-electron chi connectivity index (χ1n) is 9.10. The SMILES string of the molecule is Cc1cc(N2CC(N3CCN(c4ncccn4)CC3)C2)n2nccc2n1. The van der Waals surface area contributed by atoms with Crippen molar-refractivity contribution in [2.75, 3.05) is 49.1 Å². The summed E-state index contributed by atoms with van der Waals surface area (Å²) in [5.74, 6) is 1.99. The van der Waals surface area contributed by atoms with Crippen molar-refractivity contribution in [3.8, 4) is 0 Å². The molecule has 0 spiro atoms. The Balaban J connectivity index is 1.22. The monoisotopic (exact) mass is 350 g/mol. The van der Waals surface area contributed by atoms with E-state index >= 15 is 0 Å². The molecule has 0 saturated carbocycles.